The van der Waals surface area contributed by atoms with E-state index in [1.54, 1.807) is 0 Å². The van der Waals surface area contributed by atoms with Gasteiger partial charge in [0.25, 0.3) is 0 Å². The van der Waals surface area contributed by atoms with Gasteiger partial charge in [-0.15, -0.1) is 0 Å². The van der Waals surface area contributed by atoms with Crippen LogP contribution in [0.3, 0.4) is 0 Å². The van der Waals surface area contributed by atoms with Crippen LogP contribution in [0, 0.1) is 5.41 Å². The van der Waals surface area contributed by atoms with E-state index in [0.717, 1.165) is 24.1 Å². The Balaban J connectivity index is 1.85. The Morgan fingerprint density at radius 3 is 2.50 bits per heavy atom. The maximum atomic E-state index is 12.0. The maximum absolute atomic E-state index is 12.0. The van der Waals surface area contributed by atoms with Crippen LogP contribution in [0.15, 0.2) is 24.3 Å². The quantitative estimate of drug-likeness (QED) is 0.791. The second-order valence-electron chi connectivity index (χ2n) is 6.61. The summed E-state index contributed by atoms with van der Waals surface area (Å²) in [5, 5.41) is 5.92. The number of urea groups is 1. The Hall–Kier alpha value is -1.55. The summed E-state index contributed by atoms with van der Waals surface area (Å²) in [6, 6.07) is 7.83. The minimum Gasteiger partial charge on any atom is -0.335 e. The predicted molar refractivity (Wildman–Crippen MR) is 82.6 cm³/mol. The fourth-order valence-electron chi connectivity index (χ4n) is 2.78. The third-order valence-corrected chi connectivity index (χ3v) is 4.00. The summed E-state index contributed by atoms with van der Waals surface area (Å²) in [7, 11) is 0. The van der Waals surface area contributed by atoms with Crippen molar-refractivity contribution in [2.24, 2.45) is 11.1 Å². The molecule has 20 heavy (non-hydrogen) atoms. The zero-order valence-corrected chi connectivity index (χ0v) is 12.6. The van der Waals surface area contributed by atoms with Crippen molar-refractivity contribution in [1.29, 1.82) is 0 Å². The number of hydrogen-bond donors (Lipinski definition) is 3. The molecule has 4 heteroatoms. The molecular formula is C16H25N3O. The lowest BCUT2D eigenvalue weighted by atomic mass is 9.92. The van der Waals surface area contributed by atoms with Crippen LogP contribution in [0.2, 0.25) is 0 Å². The van der Waals surface area contributed by atoms with E-state index in [1.807, 2.05) is 31.2 Å². The molecule has 1 aliphatic carbocycles. The van der Waals surface area contributed by atoms with Crippen LogP contribution in [-0.2, 0) is 0 Å². The molecule has 1 fully saturated rings. The van der Waals surface area contributed by atoms with E-state index in [-0.39, 0.29) is 18.1 Å². The van der Waals surface area contributed by atoms with Gasteiger partial charge in [0.05, 0.1) is 0 Å². The van der Waals surface area contributed by atoms with E-state index in [4.69, 9.17) is 5.73 Å². The van der Waals surface area contributed by atoms with Crippen molar-refractivity contribution in [3.8, 4) is 0 Å². The van der Waals surface area contributed by atoms with Crippen molar-refractivity contribution in [1.82, 2.24) is 5.32 Å². The standard InChI is InChI=1S/C16H25N3O/c1-11(17)12-4-6-13(7-5-12)18-15(20)19-14-8-9-16(2,3)10-14/h4-7,11,14H,8-10,17H2,1-3H3,(H2,18,19,20). The minimum atomic E-state index is -0.124. The normalized spacial score (nSPS) is 22.3. The van der Waals surface area contributed by atoms with Crippen molar-refractivity contribution >= 4 is 11.7 Å². The lowest BCUT2D eigenvalue weighted by molar-refractivity contribution is 0.247. The van der Waals surface area contributed by atoms with Crippen molar-refractivity contribution < 1.29 is 4.79 Å². The number of carbonyl (C=O) groups is 1. The van der Waals surface area contributed by atoms with Crippen LogP contribution in [0.5, 0.6) is 0 Å². The first-order valence-corrected chi connectivity index (χ1v) is 7.29. The SMILES string of the molecule is CC(N)c1ccc(NC(=O)NC2CCC(C)(C)C2)cc1. The molecule has 0 saturated heterocycles. The average Bonchev–Trinajstić information content (AvgIpc) is 2.69. The average molecular weight is 275 g/mol. The van der Waals surface area contributed by atoms with Crippen molar-refractivity contribution in [3.05, 3.63) is 29.8 Å². The molecule has 0 radical (unpaired) electrons. The Bertz CT molecular complexity index is 465. The number of nitrogens with one attached hydrogen (secondary N) is 2. The van der Waals surface area contributed by atoms with E-state index in [1.165, 1.54) is 6.42 Å². The molecular weight excluding hydrogens is 250 g/mol. The monoisotopic (exact) mass is 275 g/mol. The molecule has 2 unspecified atom stereocenters. The van der Waals surface area contributed by atoms with Crippen LogP contribution in [0.25, 0.3) is 0 Å². The number of benzene rings is 1. The van der Waals surface area contributed by atoms with Gasteiger partial charge >= 0.3 is 6.03 Å². The topological polar surface area (TPSA) is 67.1 Å². The van der Waals surface area contributed by atoms with Crippen LogP contribution in [0.1, 0.15) is 51.6 Å². The fraction of sp³-hybridized carbons (Fsp3) is 0.562. The van der Waals surface area contributed by atoms with Gasteiger partial charge in [0.15, 0.2) is 0 Å². The number of amides is 2. The molecule has 0 bridgehead atoms. The van der Waals surface area contributed by atoms with Gasteiger partial charge in [0.1, 0.15) is 0 Å². The third-order valence-electron chi connectivity index (χ3n) is 4.00. The molecule has 1 aliphatic rings. The number of nitrogens with two attached hydrogens (primary N) is 1. The molecule has 2 rings (SSSR count). The molecule has 1 saturated carbocycles. The summed E-state index contributed by atoms with van der Waals surface area (Å²) in [4.78, 5) is 12.0. The molecule has 0 aliphatic heterocycles. The molecule has 110 valence electrons. The number of rotatable bonds is 3. The zero-order valence-electron chi connectivity index (χ0n) is 12.6. The highest BCUT2D eigenvalue weighted by Crippen LogP contribution is 2.36. The summed E-state index contributed by atoms with van der Waals surface area (Å²) >= 11 is 0. The molecule has 4 N–H and O–H groups in total. The molecule has 0 spiro atoms. The fourth-order valence-corrected chi connectivity index (χ4v) is 2.78. The summed E-state index contributed by atoms with van der Waals surface area (Å²) in [5.41, 5.74) is 8.00. The second kappa shape index (κ2) is 5.83. The van der Waals surface area contributed by atoms with Crippen molar-refractivity contribution in [2.45, 2.75) is 52.1 Å². The number of anilines is 1. The smallest absolute Gasteiger partial charge is 0.319 e. The predicted octanol–water partition coefficient (Wildman–Crippen LogP) is 3.41. The molecule has 1 aromatic rings. The van der Waals surface area contributed by atoms with E-state index in [0.29, 0.717) is 5.41 Å². The Morgan fingerprint density at radius 2 is 2.00 bits per heavy atom. The summed E-state index contributed by atoms with van der Waals surface area (Å²) in [6.45, 7) is 6.44. The number of hydrogen-bond acceptors (Lipinski definition) is 2. The Labute approximate surface area is 121 Å². The Morgan fingerprint density at radius 1 is 1.35 bits per heavy atom. The molecule has 2 amide bonds. The Kier molecular flexibility index (Phi) is 4.33. The molecule has 0 aromatic heterocycles. The lowest BCUT2D eigenvalue weighted by Crippen LogP contribution is -2.36. The minimum absolute atomic E-state index is 0.0126. The van der Waals surface area contributed by atoms with Crippen LogP contribution >= 0.6 is 0 Å². The van der Waals surface area contributed by atoms with Crippen molar-refractivity contribution in [3.63, 3.8) is 0 Å². The first kappa shape index (κ1) is 14.9. The van der Waals surface area contributed by atoms with Crippen molar-refractivity contribution in [2.75, 3.05) is 5.32 Å². The van der Waals surface area contributed by atoms with Gasteiger partial charge < -0.3 is 16.4 Å². The zero-order chi connectivity index (χ0) is 14.8. The number of carbonyl (C=O) groups excluding carboxylic acids is 1. The maximum Gasteiger partial charge on any atom is 0.319 e. The van der Waals surface area contributed by atoms with E-state index >= 15 is 0 Å². The van der Waals surface area contributed by atoms with Gasteiger partial charge in [-0.3, -0.25) is 0 Å². The highest BCUT2D eigenvalue weighted by Gasteiger charge is 2.31. The van der Waals surface area contributed by atoms with Gasteiger partial charge in [0.2, 0.25) is 0 Å². The van der Waals surface area contributed by atoms with E-state index < -0.39 is 0 Å². The molecule has 0 heterocycles. The van der Waals surface area contributed by atoms with Gasteiger partial charge in [-0.2, -0.15) is 0 Å². The largest absolute Gasteiger partial charge is 0.335 e. The van der Waals surface area contributed by atoms with Crippen LogP contribution in [-0.4, -0.2) is 12.1 Å². The van der Waals surface area contributed by atoms with Crippen LogP contribution in [0.4, 0.5) is 10.5 Å². The molecule has 4 nitrogen and oxygen atoms in total. The summed E-state index contributed by atoms with van der Waals surface area (Å²) in [6.07, 6.45) is 3.27. The van der Waals surface area contributed by atoms with E-state index in [2.05, 4.69) is 24.5 Å². The summed E-state index contributed by atoms with van der Waals surface area (Å²) < 4.78 is 0. The van der Waals surface area contributed by atoms with Gasteiger partial charge in [0, 0.05) is 17.8 Å². The second-order valence-corrected chi connectivity index (χ2v) is 6.61. The van der Waals surface area contributed by atoms with Gasteiger partial charge in [-0.05, 0) is 49.3 Å². The highest BCUT2D eigenvalue weighted by atomic mass is 16.2. The molecule has 1 aromatic carbocycles. The lowest BCUT2D eigenvalue weighted by Gasteiger charge is -2.18. The summed E-state index contributed by atoms with van der Waals surface area (Å²) in [5.74, 6) is 0. The van der Waals surface area contributed by atoms with Gasteiger partial charge in [-0.25, -0.2) is 4.79 Å². The first-order valence-electron chi connectivity index (χ1n) is 7.29. The van der Waals surface area contributed by atoms with Crippen LogP contribution < -0.4 is 16.4 Å². The first-order chi connectivity index (χ1) is 9.35. The third kappa shape index (κ3) is 3.97. The van der Waals surface area contributed by atoms with E-state index in [9.17, 15) is 4.79 Å². The van der Waals surface area contributed by atoms with Gasteiger partial charge in [-0.1, -0.05) is 26.0 Å². The molecule has 2 atom stereocenters. The highest BCUT2D eigenvalue weighted by molar-refractivity contribution is 5.89.